The van der Waals surface area contributed by atoms with Gasteiger partial charge < -0.3 is 15.0 Å². The Morgan fingerprint density at radius 2 is 2.13 bits per heavy atom. The van der Waals surface area contributed by atoms with Crippen LogP contribution in [0.15, 0.2) is 24.3 Å². The summed E-state index contributed by atoms with van der Waals surface area (Å²) in [7, 11) is 5.62. The zero-order chi connectivity index (χ0) is 16.8. The monoisotopic (exact) mass is 334 g/mol. The van der Waals surface area contributed by atoms with Crippen molar-refractivity contribution < 1.29 is 9.53 Å². The van der Waals surface area contributed by atoms with E-state index in [0.29, 0.717) is 17.8 Å². The standard InChI is InChI=1S/C16H22N4O2S/c1-5-12-15(23-19-18-12)16(21)17-10-13(20(2)3)11-8-6-7-9-14(11)22-4/h6-9,13H,5,10H2,1-4H3,(H,17,21)/t13-/m1/s1. The number of carbonyl (C=O) groups is 1. The lowest BCUT2D eigenvalue weighted by Gasteiger charge is -2.26. The van der Waals surface area contributed by atoms with Crippen LogP contribution in [0.3, 0.4) is 0 Å². The Bertz CT molecular complexity index is 657. The number of hydrogen-bond donors (Lipinski definition) is 1. The van der Waals surface area contributed by atoms with Crippen LogP contribution in [0.5, 0.6) is 5.75 Å². The first-order valence-electron chi connectivity index (χ1n) is 7.47. The molecule has 0 saturated carbocycles. The van der Waals surface area contributed by atoms with Gasteiger partial charge in [-0.05, 0) is 38.1 Å². The average molecular weight is 334 g/mol. The molecule has 0 fully saturated rings. The van der Waals surface area contributed by atoms with Crippen molar-refractivity contribution in [1.29, 1.82) is 0 Å². The van der Waals surface area contributed by atoms with Gasteiger partial charge in [-0.15, -0.1) is 5.10 Å². The lowest BCUT2D eigenvalue weighted by atomic mass is 10.0. The van der Waals surface area contributed by atoms with Gasteiger partial charge in [-0.3, -0.25) is 4.79 Å². The molecular weight excluding hydrogens is 312 g/mol. The minimum absolute atomic E-state index is 0.0149. The lowest BCUT2D eigenvalue weighted by molar-refractivity contribution is 0.0944. The third-order valence-corrected chi connectivity index (χ3v) is 4.44. The van der Waals surface area contributed by atoms with Crippen LogP contribution in [0.1, 0.15) is 33.9 Å². The van der Waals surface area contributed by atoms with Gasteiger partial charge in [0.25, 0.3) is 5.91 Å². The molecule has 0 spiro atoms. The Hall–Kier alpha value is -1.99. The molecule has 1 amide bonds. The number of nitrogens with one attached hydrogen (secondary N) is 1. The van der Waals surface area contributed by atoms with Crippen LogP contribution in [0.2, 0.25) is 0 Å². The Morgan fingerprint density at radius 1 is 1.39 bits per heavy atom. The van der Waals surface area contributed by atoms with Gasteiger partial charge in [0.15, 0.2) is 0 Å². The molecule has 1 aromatic carbocycles. The van der Waals surface area contributed by atoms with Gasteiger partial charge in [-0.2, -0.15) is 0 Å². The van der Waals surface area contributed by atoms with E-state index in [4.69, 9.17) is 4.74 Å². The van der Waals surface area contributed by atoms with Crippen molar-refractivity contribution in [1.82, 2.24) is 19.8 Å². The number of benzene rings is 1. The second kappa shape index (κ2) is 8.03. The second-order valence-electron chi connectivity index (χ2n) is 5.33. The molecule has 0 aliphatic carbocycles. The highest BCUT2D eigenvalue weighted by Gasteiger charge is 2.21. The topological polar surface area (TPSA) is 67.3 Å². The number of likely N-dealkylation sites (N-methyl/N-ethyl adjacent to an activating group) is 1. The maximum absolute atomic E-state index is 12.4. The number of ether oxygens (including phenoxy) is 1. The molecule has 23 heavy (non-hydrogen) atoms. The highest BCUT2D eigenvalue weighted by atomic mass is 32.1. The van der Waals surface area contributed by atoms with Crippen LogP contribution in [0.25, 0.3) is 0 Å². The fourth-order valence-corrected chi connectivity index (χ4v) is 3.06. The number of aryl methyl sites for hydroxylation is 1. The van der Waals surface area contributed by atoms with Crippen LogP contribution in [0.4, 0.5) is 0 Å². The Kier molecular flexibility index (Phi) is 6.06. The normalized spacial score (nSPS) is 12.2. The van der Waals surface area contributed by atoms with E-state index in [9.17, 15) is 4.79 Å². The Morgan fingerprint density at radius 3 is 2.78 bits per heavy atom. The number of methoxy groups -OCH3 is 1. The Labute approximate surface area is 140 Å². The number of carbonyl (C=O) groups excluding carboxylic acids is 1. The molecular formula is C16H22N4O2S. The fraction of sp³-hybridized carbons (Fsp3) is 0.438. The fourth-order valence-electron chi connectivity index (χ4n) is 2.39. The molecule has 1 heterocycles. The number of hydrogen-bond acceptors (Lipinski definition) is 6. The molecule has 0 radical (unpaired) electrons. The summed E-state index contributed by atoms with van der Waals surface area (Å²) in [5.74, 6) is 0.688. The van der Waals surface area contributed by atoms with Crippen molar-refractivity contribution in [2.45, 2.75) is 19.4 Å². The molecule has 0 bridgehead atoms. The second-order valence-corrected chi connectivity index (χ2v) is 6.09. The highest BCUT2D eigenvalue weighted by Crippen LogP contribution is 2.27. The first kappa shape index (κ1) is 17.4. The van der Waals surface area contributed by atoms with E-state index in [-0.39, 0.29) is 11.9 Å². The van der Waals surface area contributed by atoms with E-state index in [1.165, 1.54) is 0 Å². The SMILES string of the molecule is CCc1nnsc1C(=O)NC[C@H](c1ccccc1OC)N(C)C. The van der Waals surface area contributed by atoms with Gasteiger partial charge in [-0.25, -0.2) is 0 Å². The quantitative estimate of drug-likeness (QED) is 0.840. The van der Waals surface area contributed by atoms with Gasteiger partial charge in [0.1, 0.15) is 10.6 Å². The summed E-state index contributed by atoms with van der Waals surface area (Å²) in [6, 6.07) is 7.86. The zero-order valence-corrected chi connectivity index (χ0v) is 14.7. The van der Waals surface area contributed by atoms with Crippen molar-refractivity contribution in [3.63, 3.8) is 0 Å². The average Bonchev–Trinajstić information content (AvgIpc) is 3.03. The first-order chi connectivity index (χ1) is 11.1. The molecule has 7 heteroatoms. The molecule has 1 atom stereocenters. The van der Waals surface area contributed by atoms with Crippen molar-refractivity contribution in [3.8, 4) is 5.75 Å². The molecule has 0 aliphatic rings. The van der Waals surface area contributed by atoms with Crippen LogP contribution < -0.4 is 10.1 Å². The van der Waals surface area contributed by atoms with Crippen LogP contribution >= 0.6 is 11.5 Å². The summed E-state index contributed by atoms with van der Waals surface area (Å²) in [5.41, 5.74) is 1.78. The van der Waals surface area contributed by atoms with Gasteiger partial charge >= 0.3 is 0 Å². The van der Waals surface area contributed by atoms with Crippen LogP contribution in [-0.2, 0) is 6.42 Å². The molecule has 2 rings (SSSR count). The summed E-state index contributed by atoms with van der Waals surface area (Å²) in [6.07, 6.45) is 0.697. The van der Waals surface area contributed by atoms with E-state index < -0.39 is 0 Å². The van der Waals surface area contributed by atoms with E-state index in [1.54, 1.807) is 7.11 Å². The minimum Gasteiger partial charge on any atom is -0.496 e. The van der Waals surface area contributed by atoms with Crippen molar-refractivity contribution >= 4 is 17.4 Å². The number of para-hydroxylation sites is 1. The number of nitrogens with zero attached hydrogens (tertiary/aromatic N) is 3. The van der Waals surface area contributed by atoms with E-state index in [1.807, 2.05) is 45.3 Å². The van der Waals surface area contributed by atoms with E-state index in [2.05, 4.69) is 19.8 Å². The molecule has 2 aromatic rings. The van der Waals surface area contributed by atoms with E-state index in [0.717, 1.165) is 28.5 Å². The summed E-state index contributed by atoms with van der Waals surface area (Å²) < 4.78 is 9.30. The maximum atomic E-state index is 12.4. The molecule has 124 valence electrons. The maximum Gasteiger partial charge on any atom is 0.265 e. The number of aromatic nitrogens is 2. The molecule has 1 N–H and O–H groups in total. The lowest BCUT2D eigenvalue weighted by Crippen LogP contribution is -2.34. The molecule has 0 saturated heterocycles. The Balaban J connectivity index is 2.13. The first-order valence-corrected chi connectivity index (χ1v) is 8.24. The van der Waals surface area contributed by atoms with Crippen molar-refractivity contribution in [2.24, 2.45) is 0 Å². The molecule has 0 unspecified atom stereocenters. The molecule has 0 aliphatic heterocycles. The predicted molar refractivity (Wildman–Crippen MR) is 91.0 cm³/mol. The highest BCUT2D eigenvalue weighted by molar-refractivity contribution is 7.08. The summed E-state index contributed by atoms with van der Waals surface area (Å²) >= 11 is 1.13. The van der Waals surface area contributed by atoms with Crippen molar-refractivity contribution in [3.05, 3.63) is 40.4 Å². The smallest absolute Gasteiger partial charge is 0.265 e. The molecule has 6 nitrogen and oxygen atoms in total. The van der Waals surface area contributed by atoms with Gasteiger partial charge in [0.05, 0.1) is 18.8 Å². The van der Waals surface area contributed by atoms with Crippen LogP contribution in [0, 0.1) is 0 Å². The van der Waals surface area contributed by atoms with Crippen LogP contribution in [-0.4, -0.2) is 48.1 Å². The van der Waals surface area contributed by atoms with Crippen molar-refractivity contribution in [2.75, 3.05) is 27.7 Å². The van der Waals surface area contributed by atoms with Gasteiger partial charge in [0.2, 0.25) is 0 Å². The number of rotatable bonds is 7. The number of amides is 1. The summed E-state index contributed by atoms with van der Waals surface area (Å²) in [4.78, 5) is 15.0. The molecule has 1 aromatic heterocycles. The van der Waals surface area contributed by atoms with E-state index >= 15 is 0 Å². The van der Waals surface area contributed by atoms with Gasteiger partial charge in [-0.1, -0.05) is 29.6 Å². The largest absolute Gasteiger partial charge is 0.496 e. The third-order valence-electron chi connectivity index (χ3n) is 3.67. The third kappa shape index (κ3) is 4.05. The summed E-state index contributed by atoms with van der Waals surface area (Å²) in [5, 5.41) is 6.97. The predicted octanol–water partition coefficient (Wildman–Crippen LogP) is 2.14. The minimum atomic E-state index is -0.126. The van der Waals surface area contributed by atoms with Gasteiger partial charge in [0, 0.05) is 12.1 Å². The zero-order valence-electron chi connectivity index (χ0n) is 13.9. The summed E-state index contributed by atoms with van der Waals surface area (Å²) in [6.45, 7) is 2.44.